The van der Waals surface area contributed by atoms with Crippen molar-refractivity contribution in [2.45, 2.75) is 26.7 Å². The zero-order valence-electron chi connectivity index (χ0n) is 8.85. The van der Waals surface area contributed by atoms with Crippen LogP contribution < -0.4 is 0 Å². The maximum Gasteiger partial charge on any atom is 0.0469 e. The van der Waals surface area contributed by atoms with Gasteiger partial charge in [-0.1, -0.05) is 23.7 Å². The number of halogens is 1. The van der Waals surface area contributed by atoms with Gasteiger partial charge < -0.3 is 4.74 Å². The van der Waals surface area contributed by atoms with Crippen molar-refractivity contribution in [2.24, 2.45) is 0 Å². The van der Waals surface area contributed by atoms with Crippen LogP contribution in [0.2, 0.25) is 5.02 Å². The van der Waals surface area contributed by atoms with E-state index in [1.807, 2.05) is 19.1 Å². The first-order valence-electron chi connectivity index (χ1n) is 5.07. The molecule has 2 heteroatoms. The van der Waals surface area contributed by atoms with E-state index in [4.69, 9.17) is 16.3 Å². The van der Waals surface area contributed by atoms with E-state index >= 15 is 0 Å². The fraction of sp³-hybridized carbons (Fsp3) is 0.500. The van der Waals surface area contributed by atoms with Gasteiger partial charge in [0.15, 0.2) is 0 Å². The van der Waals surface area contributed by atoms with E-state index in [1.165, 1.54) is 11.1 Å². The van der Waals surface area contributed by atoms with Crippen LogP contribution >= 0.6 is 11.6 Å². The van der Waals surface area contributed by atoms with Crippen LogP contribution in [0.4, 0.5) is 0 Å². The highest BCUT2D eigenvalue weighted by molar-refractivity contribution is 6.31. The number of hydrogen-bond acceptors (Lipinski definition) is 1. The van der Waals surface area contributed by atoms with Gasteiger partial charge in [0.2, 0.25) is 0 Å². The maximum absolute atomic E-state index is 6.10. The molecule has 0 amide bonds. The number of rotatable bonds is 5. The molecule has 0 bridgehead atoms. The predicted molar refractivity (Wildman–Crippen MR) is 61.0 cm³/mol. The normalized spacial score (nSPS) is 10.5. The van der Waals surface area contributed by atoms with Crippen molar-refractivity contribution < 1.29 is 4.74 Å². The molecule has 0 radical (unpaired) electrons. The molecule has 0 aliphatic rings. The summed E-state index contributed by atoms with van der Waals surface area (Å²) >= 11 is 6.10. The average Bonchev–Trinajstić information content (AvgIpc) is 2.16. The van der Waals surface area contributed by atoms with Crippen LogP contribution in [0.25, 0.3) is 0 Å². The lowest BCUT2D eigenvalue weighted by molar-refractivity contribution is 0.145. The molecule has 0 saturated carbocycles. The Morgan fingerprint density at radius 1 is 1.36 bits per heavy atom. The first kappa shape index (κ1) is 11.5. The molecule has 0 heterocycles. The molecule has 0 atom stereocenters. The van der Waals surface area contributed by atoms with Crippen LogP contribution in [0.15, 0.2) is 18.2 Å². The Morgan fingerprint density at radius 2 is 2.14 bits per heavy atom. The molecule has 14 heavy (non-hydrogen) atoms. The first-order valence-corrected chi connectivity index (χ1v) is 5.45. The SMILES string of the molecule is CCOCCCc1c(C)cccc1Cl. The molecule has 1 nitrogen and oxygen atoms in total. The average molecular weight is 213 g/mol. The minimum absolute atomic E-state index is 0.793. The van der Waals surface area contributed by atoms with Crippen LogP contribution in [0.1, 0.15) is 24.5 Å². The largest absolute Gasteiger partial charge is 0.382 e. The van der Waals surface area contributed by atoms with Crippen molar-refractivity contribution in [1.29, 1.82) is 0 Å². The van der Waals surface area contributed by atoms with Gasteiger partial charge in [0.05, 0.1) is 0 Å². The van der Waals surface area contributed by atoms with E-state index in [0.29, 0.717) is 0 Å². The molecule has 0 N–H and O–H groups in total. The maximum atomic E-state index is 6.10. The molecule has 0 unspecified atom stereocenters. The smallest absolute Gasteiger partial charge is 0.0469 e. The second-order valence-electron chi connectivity index (χ2n) is 3.34. The van der Waals surface area contributed by atoms with E-state index in [0.717, 1.165) is 31.1 Å². The van der Waals surface area contributed by atoms with E-state index in [1.54, 1.807) is 0 Å². The summed E-state index contributed by atoms with van der Waals surface area (Å²) in [5.41, 5.74) is 2.53. The summed E-state index contributed by atoms with van der Waals surface area (Å²) in [6.07, 6.45) is 2.05. The number of benzene rings is 1. The molecule has 0 saturated heterocycles. The molecule has 1 aromatic rings. The lowest BCUT2D eigenvalue weighted by Gasteiger charge is -2.07. The molecule has 0 aliphatic heterocycles. The van der Waals surface area contributed by atoms with Crippen molar-refractivity contribution in [3.63, 3.8) is 0 Å². The number of ether oxygens (including phenoxy) is 1. The highest BCUT2D eigenvalue weighted by Gasteiger charge is 2.02. The topological polar surface area (TPSA) is 9.23 Å². The van der Waals surface area contributed by atoms with E-state index < -0.39 is 0 Å². The lowest BCUT2D eigenvalue weighted by Crippen LogP contribution is -1.98. The minimum atomic E-state index is 0.793. The van der Waals surface area contributed by atoms with Gasteiger partial charge >= 0.3 is 0 Å². The molecule has 0 fully saturated rings. The Kier molecular flexibility index (Phi) is 4.99. The number of aryl methyl sites for hydroxylation is 1. The Labute approximate surface area is 91.0 Å². The number of hydrogen-bond donors (Lipinski definition) is 0. The van der Waals surface area contributed by atoms with Gasteiger partial charge in [0.1, 0.15) is 0 Å². The van der Waals surface area contributed by atoms with E-state index in [9.17, 15) is 0 Å². The third-order valence-electron chi connectivity index (χ3n) is 2.27. The fourth-order valence-electron chi connectivity index (χ4n) is 1.48. The van der Waals surface area contributed by atoms with Crippen LogP contribution in [0, 0.1) is 6.92 Å². The fourth-order valence-corrected chi connectivity index (χ4v) is 1.79. The second-order valence-corrected chi connectivity index (χ2v) is 3.74. The van der Waals surface area contributed by atoms with Gasteiger partial charge in [-0.2, -0.15) is 0 Å². The van der Waals surface area contributed by atoms with Gasteiger partial charge in [0, 0.05) is 18.2 Å². The van der Waals surface area contributed by atoms with Crippen molar-refractivity contribution in [1.82, 2.24) is 0 Å². The third-order valence-corrected chi connectivity index (χ3v) is 2.63. The molecule has 78 valence electrons. The summed E-state index contributed by atoms with van der Waals surface area (Å²) in [5, 5.41) is 0.876. The summed E-state index contributed by atoms with van der Waals surface area (Å²) in [7, 11) is 0. The second kappa shape index (κ2) is 6.05. The Bertz CT molecular complexity index is 263. The minimum Gasteiger partial charge on any atom is -0.382 e. The summed E-state index contributed by atoms with van der Waals surface area (Å²) < 4.78 is 5.29. The molecular formula is C12H17ClO. The lowest BCUT2D eigenvalue weighted by atomic mass is 10.0. The Balaban J connectivity index is 2.49. The van der Waals surface area contributed by atoms with Gasteiger partial charge in [-0.3, -0.25) is 0 Å². The van der Waals surface area contributed by atoms with Crippen LogP contribution in [0.5, 0.6) is 0 Å². The standard InChI is InChI=1S/C12H17ClO/c1-3-14-9-5-7-11-10(2)6-4-8-12(11)13/h4,6,8H,3,5,7,9H2,1-2H3. The van der Waals surface area contributed by atoms with E-state index in [2.05, 4.69) is 13.0 Å². The summed E-state index contributed by atoms with van der Waals surface area (Å²) in [5.74, 6) is 0. The van der Waals surface area contributed by atoms with Crippen LogP contribution in [0.3, 0.4) is 0 Å². The zero-order valence-corrected chi connectivity index (χ0v) is 9.60. The molecular weight excluding hydrogens is 196 g/mol. The van der Waals surface area contributed by atoms with Crippen molar-refractivity contribution >= 4 is 11.6 Å². The molecule has 0 aliphatic carbocycles. The Morgan fingerprint density at radius 3 is 2.79 bits per heavy atom. The van der Waals surface area contributed by atoms with Gasteiger partial charge in [-0.05, 0) is 43.9 Å². The molecule has 1 aromatic carbocycles. The highest BCUT2D eigenvalue weighted by atomic mass is 35.5. The third kappa shape index (κ3) is 3.32. The van der Waals surface area contributed by atoms with Gasteiger partial charge in [0.25, 0.3) is 0 Å². The van der Waals surface area contributed by atoms with E-state index in [-0.39, 0.29) is 0 Å². The van der Waals surface area contributed by atoms with Crippen molar-refractivity contribution in [3.8, 4) is 0 Å². The van der Waals surface area contributed by atoms with Gasteiger partial charge in [-0.25, -0.2) is 0 Å². The van der Waals surface area contributed by atoms with Crippen molar-refractivity contribution in [2.75, 3.05) is 13.2 Å². The Hall–Kier alpha value is -0.530. The summed E-state index contributed by atoms with van der Waals surface area (Å²) in [6.45, 7) is 5.73. The molecule has 1 rings (SSSR count). The highest BCUT2D eigenvalue weighted by Crippen LogP contribution is 2.20. The van der Waals surface area contributed by atoms with Crippen LogP contribution in [-0.4, -0.2) is 13.2 Å². The quantitative estimate of drug-likeness (QED) is 0.678. The van der Waals surface area contributed by atoms with Crippen LogP contribution in [-0.2, 0) is 11.2 Å². The summed E-state index contributed by atoms with van der Waals surface area (Å²) in [6, 6.07) is 6.04. The zero-order chi connectivity index (χ0) is 10.4. The molecule has 0 aromatic heterocycles. The summed E-state index contributed by atoms with van der Waals surface area (Å²) in [4.78, 5) is 0. The molecule has 0 spiro atoms. The van der Waals surface area contributed by atoms with Crippen molar-refractivity contribution in [3.05, 3.63) is 34.3 Å². The van der Waals surface area contributed by atoms with Gasteiger partial charge in [-0.15, -0.1) is 0 Å². The monoisotopic (exact) mass is 212 g/mol. The predicted octanol–water partition coefficient (Wildman–Crippen LogP) is 3.62. The first-order chi connectivity index (χ1) is 6.75.